The number of rotatable bonds is 9. The number of hydrogen-bond acceptors (Lipinski definition) is 4. The maximum Gasteiger partial charge on any atom is 0.341 e. The minimum Gasteiger partial charge on any atom is -0.482 e. The first-order chi connectivity index (χ1) is 16.8. The molecule has 1 atom stereocenters. The van der Waals surface area contributed by atoms with Crippen molar-refractivity contribution in [2.45, 2.75) is 52.1 Å². The number of carbonyl (C=O) groups is 2. The van der Waals surface area contributed by atoms with E-state index < -0.39 is 5.97 Å². The molecule has 0 unspecified atom stereocenters. The van der Waals surface area contributed by atoms with E-state index in [4.69, 9.17) is 9.84 Å². The maximum absolute atomic E-state index is 13.7. The van der Waals surface area contributed by atoms with Crippen molar-refractivity contribution in [2.75, 3.05) is 26.2 Å². The molecule has 188 valence electrons. The molecule has 7 heteroatoms. The second kappa shape index (κ2) is 10.8. The SMILES string of the molecule is CC(C)CN1C(=O)C2(CCN(Cc3ccccc3OCC(=O)O)CC2)C[C@H]1Cc1ccc(F)cc1. The summed E-state index contributed by atoms with van der Waals surface area (Å²) >= 11 is 0. The van der Waals surface area contributed by atoms with Gasteiger partial charge in [0.2, 0.25) is 5.91 Å². The van der Waals surface area contributed by atoms with Gasteiger partial charge < -0.3 is 14.7 Å². The van der Waals surface area contributed by atoms with Gasteiger partial charge in [-0.25, -0.2) is 9.18 Å². The van der Waals surface area contributed by atoms with Gasteiger partial charge in [-0.2, -0.15) is 0 Å². The van der Waals surface area contributed by atoms with E-state index >= 15 is 0 Å². The van der Waals surface area contributed by atoms with Crippen LogP contribution in [0.4, 0.5) is 4.39 Å². The lowest BCUT2D eigenvalue weighted by Gasteiger charge is -2.38. The van der Waals surface area contributed by atoms with Gasteiger partial charge in [0.05, 0.1) is 5.41 Å². The number of ether oxygens (including phenoxy) is 1. The Morgan fingerprint density at radius 2 is 1.83 bits per heavy atom. The molecule has 2 aromatic rings. The van der Waals surface area contributed by atoms with E-state index in [0.717, 1.165) is 56.4 Å². The zero-order valence-corrected chi connectivity index (χ0v) is 20.6. The molecule has 35 heavy (non-hydrogen) atoms. The van der Waals surface area contributed by atoms with Crippen molar-refractivity contribution in [1.82, 2.24) is 9.80 Å². The number of aliphatic carboxylic acids is 1. The number of halogens is 1. The van der Waals surface area contributed by atoms with Crippen molar-refractivity contribution >= 4 is 11.9 Å². The van der Waals surface area contributed by atoms with Crippen LogP contribution in [0.2, 0.25) is 0 Å². The van der Waals surface area contributed by atoms with E-state index in [-0.39, 0.29) is 29.8 Å². The van der Waals surface area contributed by atoms with Crippen LogP contribution in [0, 0.1) is 17.2 Å². The van der Waals surface area contributed by atoms with Gasteiger partial charge in [-0.3, -0.25) is 9.69 Å². The molecule has 6 nitrogen and oxygen atoms in total. The Morgan fingerprint density at radius 3 is 2.49 bits per heavy atom. The minimum atomic E-state index is -0.999. The molecule has 0 radical (unpaired) electrons. The second-order valence-electron chi connectivity index (χ2n) is 10.4. The number of piperidine rings is 1. The first-order valence-corrected chi connectivity index (χ1v) is 12.5. The minimum absolute atomic E-state index is 0.132. The van der Waals surface area contributed by atoms with Crippen molar-refractivity contribution < 1.29 is 23.8 Å². The van der Waals surface area contributed by atoms with Crippen molar-refractivity contribution in [3.8, 4) is 5.75 Å². The van der Waals surface area contributed by atoms with Crippen molar-refractivity contribution in [3.63, 3.8) is 0 Å². The van der Waals surface area contributed by atoms with Crippen molar-refractivity contribution in [2.24, 2.45) is 11.3 Å². The third-order valence-corrected chi connectivity index (χ3v) is 7.26. The highest BCUT2D eigenvalue weighted by atomic mass is 19.1. The van der Waals surface area contributed by atoms with Crippen LogP contribution in [0.5, 0.6) is 5.75 Å². The number of likely N-dealkylation sites (tertiary alicyclic amines) is 2. The van der Waals surface area contributed by atoms with E-state index in [0.29, 0.717) is 18.2 Å². The molecule has 2 aliphatic heterocycles. The third kappa shape index (κ3) is 6.01. The summed E-state index contributed by atoms with van der Waals surface area (Å²) in [5.74, 6) is -0.000341. The molecule has 0 aromatic heterocycles. The lowest BCUT2D eigenvalue weighted by atomic mass is 9.75. The highest BCUT2D eigenvalue weighted by Gasteiger charge is 2.52. The van der Waals surface area contributed by atoms with Crippen LogP contribution in [-0.4, -0.2) is 59.1 Å². The Bertz CT molecular complexity index is 1030. The van der Waals surface area contributed by atoms with Crippen molar-refractivity contribution in [1.29, 1.82) is 0 Å². The standard InChI is InChI=1S/C28H35FN2O4/c1-20(2)17-31-24(15-21-7-9-23(29)10-8-21)16-28(27(31)34)11-13-30(14-12-28)18-22-5-3-4-6-25(22)35-19-26(32)33/h3-10,20,24H,11-19H2,1-2H3,(H,32,33)/t24-/m1/s1. The summed E-state index contributed by atoms with van der Waals surface area (Å²) < 4.78 is 18.9. The molecule has 1 amide bonds. The molecule has 2 fully saturated rings. The molecular weight excluding hydrogens is 447 g/mol. The normalized spacial score (nSPS) is 20.1. The van der Waals surface area contributed by atoms with Crippen LogP contribution in [0.1, 0.15) is 44.2 Å². The first-order valence-electron chi connectivity index (χ1n) is 12.5. The van der Waals surface area contributed by atoms with Crippen LogP contribution in [0.25, 0.3) is 0 Å². The summed E-state index contributed by atoms with van der Waals surface area (Å²) in [6.07, 6.45) is 3.19. The number of benzene rings is 2. The Kier molecular flexibility index (Phi) is 7.75. The number of carbonyl (C=O) groups excluding carboxylic acids is 1. The summed E-state index contributed by atoms with van der Waals surface area (Å²) in [5, 5.41) is 8.94. The summed E-state index contributed by atoms with van der Waals surface area (Å²) in [6.45, 7) is 6.92. The van der Waals surface area contributed by atoms with E-state index in [1.165, 1.54) is 12.1 Å². The van der Waals surface area contributed by atoms with Gasteiger partial charge in [0.15, 0.2) is 6.61 Å². The predicted molar refractivity (Wildman–Crippen MR) is 132 cm³/mol. The molecule has 2 heterocycles. The zero-order valence-electron chi connectivity index (χ0n) is 20.6. The summed E-state index contributed by atoms with van der Waals surface area (Å²) in [7, 11) is 0. The molecule has 2 saturated heterocycles. The number of amides is 1. The number of hydrogen-bond donors (Lipinski definition) is 1. The van der Waals surface area contributed by atoms with Crippen molar-refractivity contribution in [3.05, 3.63) is 65.5 Å². The Morgan fingerprint density at radius 1 is 1.14 bits per heavy atom. The molecule has 0 aliphatic carbocycles. The van der Waals surface area contributed by atoms with Gasteiger partial charge in [0.1, 0.15) is 11.6 Å². The maximum atomic E-state index is 13.7. The fourth-order valence-corrected chi connectivity index (χ4v) is 5.53. The Labute approximate surface area is 206 Å². The van der Waals surface area contributed by atoms with Crippen LogP contribution in [0.15, 0.2) is 48.5 Å². The largest absolute Gasteiger partial charge is 0.482 e. The Balaban J connectivity index is 1.43. The topological polar surface area (TPSA) is 70.1 Å². The summed E-state index contributed by atoms with van der Waals surface area (Å²) in [6, 6.07) is 14.3. The van der Waals surface area contributed by atoms with Crippen LogP contribution < -0.4 is 4.74 Å². The quantitative estimate of drug-likeness (QED) is 0.575. The summed E-state index contributed by atoms with van der Waals surface area (Å²) in [4.78, 5) is 29.0. The van der Waals surface area contributed by atoms with E-state index in [9.17, 15) is 14.0 Å². The highest BCUT2D eigenvalue weighted by Crippen LogP contribution is 2.46. The monoisotopic (exact) mass is 482 g/mol. The van der Waals surface area contributed by atoms with Crippen LogP contribution in [-0.2, 0) is 22.6 Å². The number of carboxylic acid groups (broad SMARTS) is 1. The van der Waals surface area contributed by atoms with Gasteiger partial charge in [-0.05, 0) is 68.5 Å². The lowest BCUT2D eigenvalue weighted by Crippen LogP contribution is -2.45. The zero-order chi connectivity index (χ0) is 25.0. The fourth-order valence-electron chi connectivity index (χ4n) is 5.53. The van der Waals surface area contributed by atoms with Gasteiger partial charge in [-0.1, -0.05) is 44.2 Å². The lowest BCUT2D eigenvalue weighted by molar-refractivity contribution is -0.140. The van der Waals surface area contributed by atoms with Gasteiger partial charge in [0.25, 0.3) is 0 Å². The molecule has 2 aromatic carbocycles. The average Bonchev–Trinajstić information content (AvgIpc) is 3.06. The van der Waals surface area contributed by atoms with Gasteiger partial charge in [-0.15, -0.1) is 0 Å². The molecule has 1 spiro atoms. The molecule has 0 saturated carbocycles. The molecule has 1 N–H and O–H groups in total. The van der Waals surface area contributed by atoms with Gasteiger partial charge >= 0.3 is 5.97 Å². The highest BCUT2D eigenvalue weighted by molar-refractivity contribution is 5.85. The molecule has 4 rings (SSSR count). The predicted octanol–water partition coefficient (Wildman–Crippen LogP) is 4.37. The van der Waals surface area contributed by atoms with Crippen LogP contribution >= 0.6 is 0 Å². The van der Waals surface area contributed by atoms with E-state index in [2.05, 4.69) is 23.6 Å². The number of nitrogens with zero attached hydrogens (tertiary/aromatic N) is 2. The third-order valence-electron chi connectivity index (χ3n) is 7.26. The molecular formula is C28H35FN2O4. The van der Waals surface area contributed by atoms with E-state index in [1.54, 1.807) is 6.07 Å². The number of carboxylic acids is 1. The summed E-state index contributed by atoms with van der Waals surface area (Å²) in [5.41, 5.74) is 1.68. The Hall–Kier alpha value is -2.93. The molecule has 2 aliphatic rings. The van der Waals surface area contributed by atoms with Gasteiger partial charge in [0, 0.05) is 24.7 Å². The smallest absolute Gasteiger partial charge is 0.341 e. The van der Waals surface area contributed by atoms with Crippen LogP contribution in [0.3, 0.4) is 0 Å². The number of para-hydroxylation sites is 1. The molecule has 0 bridgehead atoms. The first kappa shape index (κ1) is 25.2. The fraction of sp³-hybridized carbons (Fsp3) is 0.500. The van der Waals surface area contributed by atoms with E-state index in [1.807, 2.05) is 30.3 Å². The average molecular weight is 483 g/mol. The second-order valence-corrected chi connectivity index (χ2v) is 10.4.